The number of para-hydroxylation sites is 2. The average Bonchev–Trinajstić information content (AvgIpc) is 3.23. The van der Waals surface area contributed by atoms with Crippen LogP contribution in [0.2, 0.25) is 0 Å². The molecule has 0 aliphatic carbocycles. The predicted molar refractivity (Wildman–Crippen MR) is 142 cm³/mol. The number of aryl methyl sites for hydroxylation is 1. The van der Waals surface area contributed by atoms with Crippen molar-refractivity contribution < 1.29 is 19.0 Å². The van der Waals surface area contributed by atoms with Crippen LogP contribution in [0, 0.1) is 0 Å². The number of hydrogen-bond acceptors (Lipinski definition) is 8. The highest BCUT2D eigenvalue weighted by Crippen LogP contribution is 2.30. The summed E-state index contributed by atoms with van der Waals surface area (Å²) in [5.41, 5.74) is 2.99. The summed E-state index contributed by atoms with van der Waals surface area (Å²) in [6.45, 7) is 4.27. The molecule has 0 saturated carbocycles. The fraction of sp³-hybridized carbons (Fsp3) is 0.321. The number of carbonyl (C=O) groups is 1. The van der Waals surface area contributed by atoms with E-state index >= 15 is 0 Å². The number of hydrogen-bond donors (Lipinski definition) is 1. The molecular weight excluding hydrogens is 470 g/mol. The number of ether oxygens (including phenoxy) is 3. The van der Waals surface area contributed by atoms with Crippen LogP contribution in [0.15, 0.2) is 60.8 Å². The third-order valence-electron chi connectivity index (χ3n) is 6.44. The second-order valence-corrected chi connectivity index (χ2v) is 8.93. The number of pyridine rings is 1. The summed E-state index contributed by atoms with van der Waals surface area (Å²) in [6, 6.07) is 16.9. The number of fused-ring (bicyclic) bond motifs is 1. The lowest BCUT2D eigenvalue weighted by Gasteiger charge is -2.26. The fourth-order valence-corrected chi connectivity index (χ4v) is 4.40. The molecule has 1 N–H and O–H groups in total. The Bertz CT molecular complexity index is 1380. The van der Waals surface area contributed by atoms with Gasteiger partial charge in [0.15, 0.2) is 5.78 Å². The first kappa shape index (κ1) is 24.7. The number of methoxy groups -OCH3 is 1. The molecule has 0 spiro atoms. The van der Waals surface area contributed by atoms with E-state index in [1.807, 2.05) is 54.1 Å². The van der Waals surface area contributed by atoms with Gasteiger partial charge in [-0.1, -0.05) is 12.1 Å². The number of morpholine rings is 1. The molecule has 2 aromatic heterocycles. The zero-order chi connectivity index (χ0) is 25.6. The van der Waals surface area contributed by atoms with Crippen LogP contribution >= 0.6 is 0 Å². The van der Waals surface area contributed by atoms with E-state index in [4.69, 9.17) is 19.2 Å². The molecule has 2 aromatic carbocycles. The van der Waals surface area contributed by atoms with Crippen molar-refractivity contribution in [3.63, 3.8) is 0 Å². The Morgan fingerprint density at radius 2 is 1.89 bits per heavy atom. The Kier molecular flexibility index (Phi) is 7.62. The van der Waals surface area contributed by atoms with Gasteiger partial charge in [-0.05, 0) is 43.3 Å². The molecule has 0 atom stereocenters. The van der Waals surface area contributed by atoms with E-state index < -0.39 is 0 Å². The van der Waals surface area contributed by atoms with E-state index in [2.05, 4.69) is 15.2 Å². The fourth-order valence-electron chi connectivity index (χ4n) is 4.40. The van der Waals surface area contributed by atoms with Crippen molar-refractivity contribution in [2.75, 3.05) is 45.3 Å². The van der Waals surface area contributed by atoms with E-state index in [1.54, 1.807) is 25.4 Å². The van der Waals surface area contributed by atoms with Crippen LogP contribution in [0.1, 0.15) is 23.3 Å². The first-order chi connectivity index (χ1) is 18.1. The molecule has 9 heteroatoms. The van der Waals surface area contributed by atoms with Gasteiger partial charge in [0.1, 0.15) is 22.9 Å². The van der Waals surface area contributed by atoms with Crippen LogP contribution in [0.25, 0.3) is 11.0 Å². The van der Waals surface area contributed by atoms with Gasteiger partial charge in [-0.3, -0.25) is 14.7 Å². The zero-order valence-electron chi connectivity index (χ0n) is 21.1. The molecule has 0 amide bonds. The standard InChI is InChI=1S/C28H31N5O4/c1-32-25-10-9-20(18-23(25)31-28(32)30-22-6-3-4-8-27(22)35-2)37-21-11-12-29-24(19-21)26(34)7-5-13-33-14-16-36-17-15-33/h3-4,6,8-12,18-19H,5,7,13-17H2,1-2H3,(H,30,31). The number of imidazole rings is 1. The van der Waals surface area contributed by atoms with Crippen LogP contribution in [0.5, 0.6) is 17.2 Å². The lowest BCUT2D eigenvalue weighted by molar-refractivity contribution is 0.0371. The number of Topliss-reactive ketones (excluding diaryl/α,β-unsaturated/α-hetero) is 1. The van der Waals surface area contributed by atoms with Gasteiger partial charge in [0.25, 0.3) is 0 Å². The minimum atomic E-state index is 0.0194. The summed E-state index contributed by atoms with van der Waals surface area (Å²) in [6.07, 6.45) is 2.86. The topological polar surface area (TPSA) is 90.7 Å². The number of nitrogens with zero attached hydrogens (tertiary/aromatic N) is 4. The highest BCUT2D eigenvalue weighted by Gasteiger charge is 2.14. The maximum Gasteiger partial charge on any atom is 0.208 e. The SMILES string of the molecule is COc1ccccc1Nc1nc2cc(Oc3ccnc(C(=O)CCCN4CCOCC4)c3)ccc2n1C. The third kappa shape index (κ3) is 5.90. The normalized spacial score (nSPS) is 14.0. The Labute approximate surface area is 216 Å². The van der Waals surface area contributed by atoms with Gasteiger partial charge in [0.05, 0.1) is 37.0 Å². The Balaban J connectivity index is 1.25. The first-order valence-electron chi connectivity index (χ1n) is 12.4. The van der Waals surface area contributed by atoms with E-state index in [-0.39, 0.29) is 5.78 Å². The van der Waals surface area contributed by atoms with Gasteiger partial charge in [-0.15, -0.1) is 0 Å². The van der Waals surface area contributed by atoms with E-state index in [9.17, 15) is 4.79 Å². The van der Waals surface area contributed by atoms with Gasteiger partial charge >= 0.3 is 0 Å². The zero-order valence-corrected chi connectivity index (χ0v) is 21.1. The second kappa shape index (κ2) is 11.4. The van der Waals surface area contributed by atoms with E-state index in [1.165, 1.54) is 0 Å². The van der Waals surface area contributed by atoms with Crippen LogP contribution in [0.3, 0.4) is 0 Å². The van der Waals surface area contributed by atoms with Crippen LogP contribution in [-0.2, 0) is 11.8 Å². The molecule has 5 rings (SSSR count). The van der Waals surface area contributed by atoms with Crippen molar-refractivity contribution in [1.29, 1.82) is 0 Å². The molecular formula is C28H31N5O4. The van der Waals surface area contributed by atoms with Crippen molar-refractivity contribution in [2.24, 2.45) is 7.05 Å². The minimum Gasteiger partial charge on any atom is -0.495 e. The van der Waals surface area contributed by atoms with Crippen molar-refractivity contribution in [1.82, 2.24) is 19.4 Å². The summed E-state index contributed by atoms with van der Waals surface area (Å²) < 4.78 is 18.9. The highest BCUT2D eigenvalue weighted by molar-refractivity contribution is 5.94. The van der Waals surface area contributed by atoms with Gasteiger partial charge in [0.2, 0.25) is 5.95 Å². The number of ketones is 1. The quantitative estimate of drug-likeness (QED) is 0.310. The summed E-state index contributed by atoms with van der Waals surface area (Å²) in [7, 11) is 3.59. The molecule has 4 aromatic rings. The molecule has 37 heavy (non-hydrogen) atoms. The molecule has 3 heterocycles. The molecule has 192 valence electrons. The number of anilines is 2. The summed E-state index contributed by atoms with van der Waals surface area (Å²) in [5, 5.41) is 3.34. The van der Waals surface area contributed by atoms with Gasteiger partial charge in [0, 0.05) is 44.9 Å². The average molecular weight is 502 g/mol. The smallest absolute Gasteiger partial charge is 0.208 e. The predicted octanol–water partition coefficient (Wildman–Crippen LogP) is 4.81. The monoisotopic (exact) mass is 501 g/mol. The molecule has 1 fully saturated rings. The van der Waals surface area contributed by atoms with E-state index in [0.29, 0.717) is 29.6 Å². The number of benzene rings is 2. The number of carbonyl (C=O) groups excluding carboxylic acids is 1. The maximum atomic E-state index is 12.7. The third-order valence-corrected chi connectivity index (χ3v) is 6.44. The Morgan fingerprint density at radius 3 is 2.73 bits per heavy atom. The van der Waals surface area contributed by atoms with Crippen molar-refractivity contribution in [3.8, 4) is 17.2 Å². The summed E-state index contributed by atoms with van der Waals surface area (Å²) in [5.74, 6) is 2.64. The van der Waals surface area contributed by atoms with Crippen LogP contribution in [-0.4, -0.2) is 65.2 Å². The molecule has 1 saturated heterocycles. The van der Waals surface area contributed by atoms with E-state index in [0.717, 1.165) is 61.7 Å². The molecule has 0 unspecified atom stereocenters. The van der Waals surface area contributed by atoms with Crippen molar-refractivity contribution in [2.45, 2.75) is 12.8 Å². The van der Waals surface area contributed by atoms with Gasteiger partial charge < -0.3 is 24.1 Å². The Morgan fingerprint density at radius 1 is 1.08 bits per heavy atom. The summed E-state index contributed by atoms with van der Waals surface area (Å²) in [4.78, 5) is 24.0. The number of rotatable bonds is 10. The number of nitrogens with one attached hydrogen (secondary N) is 1. The first-order valence-corrected chi connectivity index (χ1v) is 12.4. The largest absolute Gasteiger partial charge is 0.495 e. The van der Waals surface area contributed by atoms with Crippen molar-refractivity contribution >= 4 is 28.5 Å². The van der Waals surface area contributed by atoms with Gasteiger partial charge in [-0.2, -0.15) is 0 Å². The lowest BCUT2D eigenvalue weighted by atomic mass is 10.1. The maximum absolute atomic E-state index is 12.7. The molecule has 1 aliphatic rings. The van der Waals surface area contributed by atoms with Gasteiger partial charge in [-0.25, -0.2) is 4.98 Å². The lowest BCUT2D eigenvalue weighted by Crippen LogP contribution is -2.36. The number of aromatic nitrogens is 3. The molecule has 0 radical (unpaired) electrons. The minimum absolute atomic E-state index is 0.0194. The van der Waals surface area contributed by atoms with Crippen LogP contribution in [0.4, 0.5) is 11.6 Å². The molecule has 0 bridgehead atoms. The molecule has 1 aliphatic heterocycles. The van der Waals surface area contributed by atoms with Crippen molar-refractivity contribution in [3.05, 3.63) is 66.5 Å². The molecule has 9 nitrogen and oxygen atoms in total. The summed E-state index contributed by atoms with van der Waals surface area (Å²) >= 11 is 0. The second-order valence-electron chi connectivity index (χ2n) is 8.93. The Hall–Kier alpha value is -3.95. The van der Waals surface area contributed by atoms with Crippen LogP contribution < -0.4 is 14.8 Å². The highest BCUT2D eigenvalue weighted by atomic mass is 16.5.